The van der Waals surface area contributed by atoms with Crippen LogP contribution in [0.5, 0.6) is 0 Å². The van der Waals surface area contributed by atoms with E-state index in [1.54, 1.807) is 6.92 Å². The Morgan fingerprint density at radius 3 is 2.31 bits per heavy atom. The van der Waals surface area contributed by atoms with Gasteiger partial charge in [-0.3, -0.25) is 4.79 Å². The Morgan fingerprint density at radius 1 is 1.31 bits per heavy atom. The summed E-state index contributed by atoms with van der Waals surface area (Å²) < 4.78 is 40.1. The Balaban J connectivity index is 3.91. The third kappa shape index (κ3) is 8.52. The predicted molar refractivity (Wildman–Crippen MR) is 51.8 cm³/mol. The van der Waals surface area contributed by atoms with Crippen molar-refractivity contribution in [2.45, 2.75) is 51.3 Å². The van der Waals surface area contributed by atoms with E-state index in [4.69, 9.17) is 0 Å². The molecule has 0 spiro atoms. The molecule has 0 aliphatic rings. The van der Waals surface area contributed by atoms with Gasteiger partial charge in [-0.2, -0.15) is 13.2 Å². The number of esters is 1. The van der Waals surface area contributed by atoms with Crippen molar-refractivity contribution in [3.8, 4) is 0 Å². The molecule has 1 N–H and O–H groups in total. The average molecular weight is 242 g/mol. The SMILES string of the molecule is CCOC(=O)CC(C)(O)CCCC(F)(F)F. The second kappa shape index (κ2) is 6.08. The lowest BCUT2D eigenvalue weighted by molar-refractivity contribution is -0.149. The molecular formula is C10H17F3O3. The van der Waals surface area contributed by atoms with Crippen LogP contribution in [0.3, 0.4) is 0 Å². The highest BCUT2D eigenvalue weighted by atomic mass is 19.4. The van der Waals surface area contributed by atoms with Crippen molar-refractivity contribution in [3.63, 3.8) is 0 Å². The molecule has 1 unspecified atom stereocenters. The Labute approximate surface area is 92.6 Å². The van der Waals surface area contributed by atoms with Crippen LogP contribution < -0.4 is 0 Å². The van der Waals surface area contributed by atoms with Crippen molar-refractivity contribution < 1.29 is 27.8 Å². The highest BCUT2D eigenvalue weighted by Gasteiger charge is 2.30. The van der Waals surface area contributed by atoms with E-state index in [2.05, 4.69) is 4.74 Å². The van der Waals surface area contributed by atoms with Gasteiger partial charge in [0.05, 0.1) is 18.6 Å². The minimum Gasteiger partial charge on any atom is -0.466 e. The lowest BCUT2D eigenvalue weighted by atomic mass is 9.95. The summed E-state index contributed by atoms with van der Waals surface area (Å²) in [6.45, 7) is 3.15. The van der Waals surface area contributed by atoms with Crippen LogP contribution in [-0.2, 0) is 9.53 Å². The number of hydrogen-bond donors (Lipinski definition) is 1. The summed E-state index contributed by atoms with van der Waals surface area (Å²) in [7, 11) is 0. The first-order valence-electron chi connectivity index (χ1n) is 5.11. The fourth-order valence-electron chi connectivity index (χ4n) is 1.28. The second-order valence-corrected chi connectivity index (χ2v) is 3.95. The smallest absolute Gasteiger partial charge is 0.389 e. The molecule has 6 heteroatoms. The van der Waals surface area contributed by atoms with Gasteiger partial charge in [0.15, 0.2) is 0 Å². The number of hydrogen-bond acceptors (Lipinski definition) is 3. The Morgan fingerprint density at radius 2 is 1.88 bits per heavy atom. The quantitative estimate of drug-likeness (QED) is 0.727. The van der Waals surface area contributed by atoms with Crippen LogP contribution in [0.15, 0.2) is 0 Å². The van der Waals surface area contributed by atoms with E-state index in [0.29, 0.717) is 0 Å². The minimum absolute atomic E-state index is 0.0781. The van der Waals surface area contributed by atoms with Gasteiger partial charge in [-0.1, -0.05) is 0 Å². The van der Waals surface area contributed by atoms with Crippen LogP contribution in [0, 0.1) is 0 Å². The van der Waals surface area contributed by atoms with Gasteiger partial charge < -0.3 is 9.84 Å². The number of rotatable bonds is 6. The third-order valence-corrected chi connectivity index (χ3v) is 2.01. The van der Waals surface area contributed by atoms with Gasteiger partial charge in [-0.05, 0) is 26.7 Å². The topological polar surface area (TPSA) is 46.5 Å². The number of ether oxygens (including phenoxy) is 1. The molecule has 96 valence electrons. The highest BCUT2D eigenvalue weighted by Crippen LogP contribution is 2.26. The molecular weight excluding hydrogens is 225 g/mol. The lowest BCUT2D eigenvalue weighted by Gasteiger charge is -2.22. The number of carbonyl (C=O) groups excluding carboxylic acids is 1. The summed E-state index contributed by atoms with van der Waals surface area (Å²) in [4.78, 5) is 11.0. The molecule has 0 amide bonds. The predicted octanol–water partition coefficient (Wildman–Crippen LogP) is 2.42. The fraction of sp³-hybridized carbons (Fsp3) is 0.900. The van der Waals surface area contributed by atoms with Crippen LogP contribution in [-0.4, -0.2) is 29.5 Å². The van der Waals surface area contributed by atoms with Gasteiger partial charge in [0, 0.05) is 6.42 Å². The van der Waals surface area contributed by atoms with E-state index in [9.17, 15) is 23.1 Å². The average Bonchev–Trinajstić information content (AvgIpc) is 1.99. The van der Waals surface area contributed by atoms with Crippen LogP contribution in [0.25, 0.3) is 0 Å². The summed E-state index contributed by atoms with van der Waals surface area (Å²) in [6.07, 6.45) is -5.73. The van der Waals surface area contributed by atoms with Gasteiger partial charge >= 0.3 is 12.1 Å². The summed E-state index contributed by atoms with van der Waals surface area (Å²) in [5, 5.41) is 9.64. The van der Waals surface area contributed by atoms with E-state index in [-0.39, 0.29) is 25.9 Å². The first-order valence-corrected chi connectivity index (χ1v) is 5.11. The maximum Gasteiger partial charge on any atom is 0.389 e. The van der Waals surface area contributed by atoms with Gasteiger partial charge in [0.25, 0.3) is 0 Å². The lowest BCUT2D eigenvalue weighted by Crippen LogP contribution is -2.29. The van der Waals surface area contributed by atoms with Crippen LogP contribution in [0.1, 0.15) is 39.5 Å². The molecule has 0 aliphatic carbocycles. The van der Waals surface area contributed by atoms with Crippen molar-refractivity contribution in [3.05, 3.63) is 0 Å². The maximum atomic E-state index is 11.8. The molecule has 0 saturated heterocycles. The van der Waals surface area contributed by atoms with Crippen molar-refractivity contribution in [2.75, 3.05) is 6.61 Å². The molecule has 0 saturated carbocycles. The molecule has 0 heterocycles. The summed E-state index contributed by atoms with van der Waals surface area (Å²) in [6, 6.07) is 0. The van der Waals surface area contributed by atoms with E-state index in [1.165, 1.54) is 6.92 Å². The first kappa shape index (κ1) is 15.2. The van der Waals surface area contributed by atoms with Gasteiger partial charge in [0.1, 0.15) is 0 Å². The van der Waals surface area contributed by atoms with E-state index < -0.39 is 24.2 Å². The van der Waals surface area contributed by atoms with Gasteiger partial charge in [-0.25, -0.2) is 0 Å². The number of carbonyl (C=O) groups is 1. The van der Waals surface area contributed by atoms with Gasteiger partial charge in [-0.15, -0.1) is 0 Å². The normalized spacial score (nSPS) is 15.6. The largest absolute Gasteiger partial charge is 0.466 e. The van der Waals surface area contributed by atoms with Crippen molar-refractivity contribution in [1.82, 2.24) is 0 Å². The van der Waals surface area contributed by atoms with Crippen molar-refractivity contribution in [1.29, 1.82) is 0 Å². The maximum absolute atomic E-state index is 11.8. The molecule has 0 aromatic rings. The zero-order valence-corrected chi connectivity index (χ0v) is 9.43. The molecule has 1 atom stereocenters. The Hall–Kier alpha value is -0.780. The molecule has 3 nitrogen and oxygen atoms in total. The fourth-order valence-corrected chi connectivity index (χ4v) is 1.28. The number of aliphatic hydroxyl groups is 1. The van der Waals surface area contributed by atoms with E-state index in [0.717, 1.165) is 0 Å². The van der Waals surface area contributed by atoms with Crippen molar-refractivity contribution >= 4 is 5.97 Å². The molecule has 0 aromatic carbocycles. The Bertz CT molecular complexity index is 224. The molecule has 0 bridgehead atoms. The molecule has 16 heavy (non-hydrogen) atoms. The van der Waals surface area contributed by atoms with E-state index >= 15 is 0 Å². The second-order valence-electron chi connectivity index (χ2n) is 3.95. The number of alkyl halides is 3. The van der Waals surface area contributed by atoms with Crippen LogP contribution in [0.4, 0.5) is 13.2 Å². The molecule has 0 aliphatic heterocycles. The van der Waals surface area contributed by atoms with Gasteiger partial charge in [0.2, 0.25) is 0 Å². The van der Waals surface area contributed by atoms with Crippen LogP contribution in [0.2, 0.25) is 0 Å². The van der Waals surface area contributed by atoms with Crippen LogP contribution >= 0.6 is 0 Å². The first-order chi connectivity index (χ1) is 7.16. The standard InChI is InChI=1S/C10H17F3O3/c1-3-16-8(14)7-9(2,15)5-4-6-10(11,12)13/h15H,3-7H2,1-2H3. The monoisotopic (exact) mass is 242 g/mol. The van der Waals surface area contributed by atoms with Crippen molar-refractivity contribution in [2.24, 2.45) is 0 Å². The zero-order valence-electron chi connectivity index (χ0n) is 9.43. The molecule has 0 aromatic heterocycles. The molecule has 0 fully saturated rings. The zero-order chi connectivity index (χ0) is 12.8. The summed E-state index contributed by atoms with van der Waals surface area (Å²) >= 11 is 0. The number of halogens is 3. The molecule has 0 rings (SSSR count). The third-order valence-electron chi connectivity index (χ3n) is 2.01. The Kier molecular flexibility index (Phi) is 5.78. The summed E-state index contributed by atoms with van der Waals surface area (Å²) in [5.74, 6) is -0.598. The highest BCUT2D eigenvalue weighted by molar-refractivity contribution is 5.70. The molecule has 0 radical (unpaired) electrons. The summed E-state index contributed by atoms with van der Waals surface area (Å²) in [5.41, 5.74) is -1.43. The van der Waals surface area contributed by atoms with E-state index in [1.807, 2.05) is 0 Å². The minimum atomic E-state index is -4.22.